The number of primary amides is 1. The average molecular weight is 571 g/mol. The van der Waals surface area contributed by atoms with Gasteiger partial charge in [-0.05, 0) is 20.8 Å². The van der Waals surface area contributed by atoms with Gasteiger partial charge in [0.25, 0.3) is 11.8 Å². The number of carbonyl (C=O) groups is 5. The smallest absolute Gasteiger partial charge is 0.404 e. The molecule has 1 saturated heterocycles. The fourth-order valence-corrected chi connectivity index (χ4v) is 5.14. The molecule has 206 valence electrons. The van der Waals surface area contributed by atoms with Gasteiger partial charge in [-0.15, -0.1) is 23.1 Å². The zero-order chi connectivity index (χ0) is 28.2. The molecule has 38 heavy (non-hydrogen) atoms. The van der Waals surface area contributed by atoms with E-state index in [4.69, 9.17) is 30.5 Å². The van der Waals surface area contributed by atoms with Crippen LogP contribution in [-0.2, 0) is 38.2 Å². The summed E-state index contributed by atoms with van der Waals surface area (Å²) in [7, 11) is 1.24. The molecule has 15 nitrogen and oxygen atoms in total. The topological polar surface area (TPSA) is 215 Å². The Hall–Kier alpha value is -3.86. The largest absolute Gasteiger partial charge is 0.445 e. The van der Waals surface area contributed by atoms with Crippen molar-refractivity contribution in [3.63, 3.8) is 0 Å². The zero-order valence-electron chi connectivity index (χ0n) is 20.8. The lowest BCUT2D eigenvalue weighted by atomic mass is 9.98. The lowest BCUT2D eigenvalue weighted by Crippen LogP contribution is -2.71. The number of thioether (sulfide) groups is 1. The SMILES string of the molecule is CO/N=C(\C(=O)NC1C(=O)N2C(C(=O)OCOC(=O)C(C)(C)C)=C(COC(N)=O)CS[C@H]12)c1csc(N)n1. The van der Waals surface area contributed by atoms with Gasteiger partial charge in [-0.25, -0.2) is 14.6 Å². The quantitative estimate of drug-likeness (QED) is 0.117. The third kappa shape index (κ3) is 6.34. The average Bonchev–Trinajstić information content (AvgIpc) is 3.28. The molecule has 1 unspecified atom stereocenters. The van der Waals surface area contributed by atoms with Crippen molar-refractivity contribution < 1.29 is 43.0 Å². The number of nitrogens with zero attached hydrogens (tertiary/aromatic N) is 3. The van der Waals surface area contributed by atoms with Gasteiger partial charge in [0.05, 0.1) is 5.41 Å². The second-order valence-electron chi connectivity index (χ2n) is 8.85. The van der Waals surface area contributed by atoms with E-state index in [2.05, 4.69) is 15.5 Å². The summed E-state index contributed by atoms with van der Waals surface area (Å²) < 4.78 is 14.8. The first kappa shape index (κ1) is 28.7. The van der Waals surface area contributed by atoms with Crippen molar-refractivity contribution >= 4 is 63.8 Å². The maximum Gasteiger partial charge on any atom is 0.404 e. The van der Waals surface area contributed by atoms with E-state index in [0.29, 0.717) is 0 Å². The van der Waals surface area contributed by atoms with Crippen molar-refractivity contribution in [1.82, 2.24) is 15.2 Å². The van der Waals surface area contributed by atoms with Crippen LogP contribution in [0.3, 0.4) is 0 Å². The van der Waals surface area contributed by atoms with E-state index < -0.39 is 53.5 Å². The van der Waals surface area contributed by atoms with Crippen LogP contribution in [0, 0.1) is 5.41 Å². The van der Waals surface area contributed by atoms with Crippen LogP contribution in [0.4, 0.5) is 9.93 Å². The molecule has 3 rings (SSSR count). The van der Waals surface area contributed by atoms with Gasteiger partial charge in [-0.2, -0.15) is 0 Å². The summed E-state index contributed by atoms with van der Waals surface area (Å²) in [6.07, 6.45) is -1.08. The highest BCUT2D eigenvalue weighted by Gasteiger charge is 2.55. The number of ether oxygens (including phenoxy) is 3. The summed E-state index contributed by atoms with van der Waals surface area (Å²) in [5.41, 5.74) is 9.86. The van der Waals surface area contributed by atoms with Gasteiger partial charge in [0, 0.05) is 16.7 Å². The molecule has 1 fully saturated rings. The van der Waals surface area contributed by atoms with Crippen LogP contribution in [0.5, 0.6) is 0 Å². The van der Waals surface area contributed by atoms with E-state index in [-0.39, 0.29) is 40.2 Å². The first-order chi connectivity index (χ1) is 17.8. The Morgan fingerprint density at radius 2 is 1.95 bits per heavy atom. The molecule has 0 radical (unpaired) electrons. The molecule has 2 atom stereocenters. The van der Waals surface area contributed by atoms with E-state index in [1.165, 1.54) is 24.3 Å². The van der Waals surface area contributed by atoms with E-state index in [0.717, 1.165) is 16.2 Å². The number of β-lactam (4-membered cyclic amide) rings is 1. The summed E-state index contributed by atoms with van der Waals surface area (Å²) in [6.45, 7) is 3.80. The Kier molecular flexibility index (Phi) is 8.82. The number of carbonyl (C=O) groups excluding carboxylic acids is 5. The van der Waals surface area contributed by atoms with Crippen LogP contribution in [0.15, 0.2) is 21.8 Å². The highest BCUT2D eigenvalue weighted by atomic mass is 32.2. The second-order valence-corrected chi connectivity index (χ2v) is 10.8. The van der Waals surface area contributed by atoms with Crippen LogP contribution in [0.1, 0.15) is 26.5 Å². The van der Waals surface area contributed by atoms with Crippen molar-refractivity contribution in [2.75, 3.05) is 32.0 Å². The van der Waals surface area contributed by atoms with Crippen LogP contribution in [0.25, 0.3) is 0 Å². The molecule has 3 heterocycles. The van der Waals surface area contributed by atoms with Gasteiger partial charge in [0.1, 0.15) is 36.5 Å². The van der Waals surface area contributed by atoms with Crippen LogP contribution in [0.2, 0.25) is 0 Å². The molecule has 5 N–H and O–H groups in total. The summed E-state index contributed by atoms with van der Waals surface area (Å²) in [5, 5.41) is 7.27. The number of oxime groups is 1. The third-order valence-electron chi connectivity index (χ3n) is 5.07. The predicted octanol–water partition coefficient (Wildman–Crippen LogP) is -0.0849. The molecule has 3 amide bonds. The van der Waals surface area contributed by atoms with Gasteiger partial charge in [0.15, 0.2) is 10.8 Å². The van der Waals surface area contributed by atoms with Gasteiger partial charge in [-0.3, -0.25) is 19.3 Å². The van der Waals surface area contributed by atoms with Crippen LogP contribution in [-0.4, -0.2) is 83.1 Å². The van der Waals surface area contributed by atoms with E-state index in [1.807, 2.05) is 0 Å². The molecular weight excluding hydrogens is 544 g/mol. The highest BCUT2D eigenvalue weighted by Crippen LogP contribution is 2.40. The monoisotopic (exact) mass is 570 g/mol. The molecule has 2 aliphatic rings. The first-order valence-electron chi connectivity index (χ1n) is 10.9. The number of thiazole rings is 1. The van der Waals surface area contributed by atoms with Gasteiger partial charge in [-0.1, -0.05) is 5.16 Å². The van der Waals surface area contributed by atoms with Crippen molar-refractivity contribution in [2.24, 2.45) is 16.3 Å². The number of rotatable bonds is 9. The Bertz CT molecular complexity index is 1210. The molecule has 2 aliphatic heterocycles. The number of nitrogens with two attached hydrogens (primary N) is 2. The minimum absolute atomic E-state index is 0.141. The van der Waals surface area contributed by atoms with Crippen molar-refractivity contribution in [3.05, 3.63) is 22.3 Å². The third-order valence-corrected chi connectivity index (χ3v) is 7.08. The standard InChI is InChI=1S/C21H26N6O9S2/c1-21(2,3)18(31)36-8-35-17(30)13-9(5-34-20(23)32)6-37-16-12(15(29)27(13)16)25-14(28)11(26-33-4)10-7-38-19(22)24-10/h7,12,16H,5-6,8H2,1-4H3,(H2,22,24)(H2,23,32)(H,25,28)/b26-11-/t12?,16-/m1/s1. The van der Waals surface area contributed by atoms with Crippen molar-refractivity contribution in [1.29, 1.82) is 0 Å². The Morgan fingerprint density at radius 3 is 2.53 bits per heavy atom. The lowest BCUT2D eigenvalue weighted by molar-refractivity contribution is -0.173. The summed E-state index contributed by atoms with van der Waals surface area (Å²) >= 11 is 2.30. The zero-order valence-corrected chi connectivity index (χ0v) is 22.5. The fraction of sp³-hybridized carbons (Fsp3) is 0.476. The molecular formula is C21H26N6O9S2. The number of nitrogen functional groups attached to an aromatic ring is 1. The lowest BCUT2D eigenvalue weighted by Gasteiger charge is -2.49. The van der Waals surface area contributed by atoms with Crippen LogP contribution >= 0.6 is 23.1 Å². The normalized spacial score (nSPS) is 19.2. The van der Waals surface area contributed by atoms with E-state index in [1.54, 1.807) is 20.8 Å². The van der Waals surface area contributed by atoms with Crippen molar-refractivity contribution in [3.8, 4) is 0 Å². The molecule has 0 spiro atoms. The molecule has 0 bridgehead atoms. The minimum atomic E-state index is -1.08. The number of nitrogens with one attached hydrogen (secondary N) is 1. The van der Waals surface area contributed by atoms with Gasteiger partial charge >= 0.3 is 18.0 Å². The number of esters is 2. The molecule has 17 heteroatoms. The van der Waals surface area contributed by atoms with Gasteiger partial charge < -0.3 is 35.8 Å². The van der Waals surface area contributed by atoms with Crippen LogP contribution < -0.4 is 16.8 Å². The Balaban J connectivity index is 1.77. The number of hydrogen-bond acceptors (Lipinski definition) is 14. The minimum Gasteiger partial charge on any atom is -0.445 e. The second kappa shape index (κ2) is 11.7. The number of hydrogen-bond donors (Lipinski definition) is 3. The van der Waals surface area contributed by atoms with E-state index >= 15 is 0 Å². The molecule has 0 saturated carbocycles. The molecule has 0 aliphatic carbocycles. The van der Waals surface area contributed by atoms with Crippen molar-refractivity contribution in [2.45, 2.75) is 32.2 Å². The molecule has 0 aromatic carbocycles. The predicted molar refractivity (Wildman–Crippen MR) is 134 cm³/mol. The first-order valence-corrected chi connectivity index (χ1v) is 12.8. The Morgan fingerprint density at radius 1 is 1.24 bits per heavy atom. The number of fused-ring (bicyclic) bond motifs is 1. The summed E-state index contributed by atoms with van der Waals surface area (Å²) in [5.74, 6) is -2.84. The maximum atomic E-state index is 13.1. The molecule has 1 aromatic heterocycles. The fourth-order valence-electron chi connectivity index (χ4n) is 3.26. The van der Waals surface area contributed by atoms with Gasteiger partial charge in [0.2, 0.25) is 6.79 Å². The number of amides is 3. The van der Waals surface area contributed by atoms with E-state index in [9.17, 15) is 24.0 Å². The summed E-state index contributed by atoms with van der Waals surface area (Å²) in [6, 6.07) is -1.04. The highest BCUT2D eigenvalue weighted by molar-refractivity contribution is 8.00. The Labute approximate surface area is 224 Å². The molecule has 1 aromatic rings. The number of anilines is 1. The summed E-state index contributed by atoms with van der Waals surface area (Å²) in [4.78, 5) is 71.9. The number of aromatic nitrogens is 1. The maximum absolute atomic E-state index is 13.1.